The summed E-state index contributed by atoms with van der Waals surface area (Å²) in [7, 11) is 0. The Balaban J connectivity index is 2.18. The third-order valence-corrected chi connectivity index (χ3v) is 3.52. The average molecular weight is 215 g/mol. The highest BCUT2D eigenvalue weighted by Gasteiger charge is 2.16. The fourth-order valence-corrected chi connectivity index (χ4v) is 2.61. The monoisotopic (exact) mass is 215 g/mol. The van der Waals surface area contributed by atoms with E-state index in [0.717, 1.165) is 24.4 Å². The Morgan fingerprint density at radius 3 is 2.79 bits per heavy atom. The summed E-state index contributed by atoms with van der Waals surface area (Å²) >= 11 is 1.78. The second-order valence-corrected chi connectivity index (χ2v) is 4.55. The number of halogens is 2. The molecule has 1 aliphatic rings. The van der Waals surface area contributed by atoms with E-state index in [1.165, 1.54) is 12.1 Å². The standard InChI is InChI=1S/C10H11F2NS/c11-8-2-1-7(5-9(8)12)10-6-13-3-4-14-10/h1-2,5,10,13H,3-4,6H2. The van der Waals surface area contributed by atoms with Crippen molar-refractivity contribution < 1.29 is 8.78 Å². The number of nitrogens with one attached hydrogen (secondary N) is 1. The highest BCUT2D eigenvalue weighted by molar-refractivity contribution is 7.99. The zero-order valence-corrected chi connectivity index (χ0v) is 8.41. The van der Waals surface area contributed by atoms with Crippen LogP contribution in [0, 0.1) is 11.6 Å². The molecule has 0 spiro atoms. The fourth-order valence-electron chi connectivity index (χ4n) is 1.49. The number of benzene rings is 1. The minimum atomic E-state index is -0.775. The van der Waals surface area contributed by atoms with Gasteiger partial charge in [-0.1, -0.05) is 6.07 Å². The summed E-state index contributed by atoms with van der Waals surface area (Å²) in [6.07, 6.45) is 0. The highest BCUT2D eigenvalue weighted by Crippen LogP contribution is 2.30. The van der Waals surface area contributed by atoms with Crippen LogP contribution in [0.15, 0.2) is 18.2 Å². The van der Waals surface area contributed by atoms with Crippen LogP contribution < -0.4 is 5.32 Å². The predicted octanol–water partition coefficient (Wildman–Crippen LogP) is 2.34. The largest absolute Gasteiger partial charge is 0.314 e. The maximum Gasteiger partial charge on any atom is 0.159 e. The van der Waals surface area contributed by atoms with Crippen LogP contribution in [-0.4, -0.2) is 18.8 Å². The summed E-state index contributed by atoms with van der Waals surface area (Å²) in [6, 6.07) is 4.14. The minimum absolute atomic E-state index is 0.249. The summed E-state index contributed by atoms with van der Waals surface area (Å²) in [6.45, 7) is 1.82. The van der Waals surface area contributed by atoms with Crippen LogP contribution in [0.3, 0.4) is 0 Å². The van der Waals surface area contributed by atoms with Gasteiger partial charge in [-0.3, -0.25) is 0 Å². The maximum atomic E-state index is 12.9. The molecule has 0 aromatic heterocycles. The van der Waals surface area contributed by atoms with Crippen molar-refractivity contribution in [2.75, 3.05) is 18.8 Å². The molecular formula is C10H11F2NS. The third kappa shape index (κ3) is 2.07. The molecule has 1 nitrogen and oxygen atoms in total. The van der Waals surface area contributed by atoms with Crippen molar-refractivity contribution in [1.29, 1.82) is 0 Å². The lowest BCUT2D eigenvalue weighted by atomic mass is 10.1. The van der Waals surface area contributed by atoms with Crippen LogP contribution >= 0.6 is 11.8 Å². The number of rotatable bonds is 1. The van der Waals surface area contributed by atoms with E-state index in [4.69, 9.17) is 0 Å². The Morgan fingerprint density at radius 2 is 2.14 bits per heavy atom. The maximum absolute atomic E-state index is 12.9. The van der Waals surface area contributed by atoms with Crippen molar-refractivity contribution in [2.45, 2.75) is 5.25 Å². The van der Waals surface area contributed by atoms with Gasteiger partial charge in [0.05, 0.1) is 0 Å². The molecule has 1 aromatic carbocycles. The van der Waals surface area contributed by atoms with Crippen LogP contribution in [0.5, 0.6) is 0 Å². The summed E-state index contributed by atoms with van der Waals surface area (Å²) < 4.78 is 25.6. The topological polar surface area (TPSA) is 12.0 Å². The van der Waals surface area contributed by atoms with E-state index in [2.05, 4.69) is 5.32 Å². The number of thioether (sulfide) groups is 1. The summed E-state index contributed by atoms with van der Waals surface area (Å²) in [5.74, 6) is -0.514. The molecule has 14 heavy (non-hydrogen) atoms. The minimum Gasteiger partial charge on any atom is -0.314 e. The van der Waals surface area contributed by atoms with Gasteiger partial charge in [-0.2, -0.15) is 11.8 Å². The molecule has 1 aromatic rings. The van der Waals surface area contributed by atoms with Gasteiger partial charge in [-0.15, -0.1) is 0 Å². The summed E-state index contributed by atoms with van der Waals surface area (Å²) in [5, 5.41) is 3.48. The molecule has 1 atom stereocenters. The van der Waals surface area contributed by atoms with Crippen molar-refractivity contribution in [3.63, 3.8) is 0 Å². The molecule has 1 fully saturated rings. The lowest BCUT2D eigenvalue weighted by Gasteiger charge is -2.22. The van der Waals surface area contributed by atoms with Gasteiger partial charge >= 0.3 is 0 Å². The molecule has 1 saturated heterocycles. The van der Waals surface area contributed by atoms with E-state index in [1.807, 2.05) is 0 Å². The second kappa shape index (κ2) is 4.28. The van der Waals surface area contributed by atoms with E-state index in [-0.39, 0.29) is 5.25 Å². The molecular weight excluding hydrogens is 204 g/mol. The van der Waals surface area contributed by atoms with Crippen molar-refractivity contribution in [3.05, 3.63) is 35.4 Å². The normalized spacial score (nSPS) is 22.3. The van der Waals surface area contributed by atoms with Gasteiger partial charge in [-0.05, 0) is 17.7 Å². The van der Waals surface area contributed by atoms with Gasteiger partial charge in [0, 0.05) is 24.1 Å². The van der Waals surface area contributed by atoms with Crippen molar-refractivity contribution in [1.82, 2.24) is 5.32 Å². The lowest BCUT2D eigenvalue weighted by Crippen LogP contribution is -2.28. The third-order valence-electron chi connectivity index (χ3n) is 2.24. The van der Waals surface area contributed by atoms with E-state index in [9.17, 15) is 8.78 Å². The lowest BCUT2D eigenvalue weighted by molar-refractivity contribution is 0.506. The van der Waals surface area contributed by atoms with Crippen LogP contribution in [-0.2, 0) is 0 Å². The molecule has 0 radical (unpaired) electrons. The highest BCUT2D eigenvalue weighted by atomic mass is 32.2. The first-order chi connectivity index (χ1) is 6.77. The Kier molecular flexibility index (Phi) is 3.03. The molecule has 0 amide bonds. The van der Waals surface area contributed by atoms with Gasteiger partial charge in [0.2, 0.25) is 0 Å². The molecule has 1 aliphatic heterocycles. The molecule has 1 unspecified atom stereocenters. The van der Waals surface area contributed by atoms with Crippen LogP contribution in [0.2, 0.25) is 0 Å². The van der Waals surface area contributed by atoms with Crippen molar-refractivity contribution >= 4 is 11.8 Å². The SMILES string of the molecule is Fc1ccc(C2CNCCS2)cc1F. The van der Waals surface area contributed by atoms with Gasteiger partial charge in [0.25, 0.3) is 0 Å². The van der Waals surface area contributed by atoms with Crippen molar-refractivity contribution in [2.24, 2.45) is 0 Å². The van der Waals surface area contributed by atoms with Crippen LogP contribution in [0.1, 0.15) is 10.8 Å². The Bertz CT molecular complexity index is 324. The summed E-state index contributed by atoms with van der Waals surface area (Å²) in [4.78, 5) is 0. The van der Waals surface area contributed by atoms with Crippen LogP contribution in [0.25, 0.3) is 0 Å². The quantitative estimate of drug-likeness (QED) is 0.771. The Morgan fingerprint density at radius 1 is 1.29 bits per heavy atom. The number of hydrogen-bond acceptors (Lipinski definition) is 2. The van der Waals surface area contributed by atoms with Gasteiger partial charge < -0.3 is 5.32 Å². The molecule has 1 N–H and O–H groups in total. The Hall–Kier alpha value is -0.610. The zero-order chi connectivity index (χ0) is 9.97. The average Bonchev–Trinajstić information content (AvgIpc) is 2.23. The second-order valence-electron chi connectivity index (χ2n) is 3.24. The summed E-state index contributed by atoms with van der Waals surface area (Å²) in [5.41, 5.74) is 0.862. The smallest absolute Gasteiger partial charge is 0.159 e. The van der Waals surface area contributed by atoms with Gasteiger partial charge in [0.1, 0.15) is 0 Å². The first-order valence-electron chi connectivity index (χ1n) is 4.54. The molecule has 0 aliphatic carbocycles. The zero-order valence-electron chi connectivity index (χ0n) is 7.59. The Labute approximate surface area is 85.9 Å². The van der Waals surface area contributed by atoms with E-state index >= 15 is 0 Å². The molecule has 76 valence electrons. The predicted molar refractivity (Wildman–Crippen MR) is 54.4 cm³/mol. The van der Waals surface area contributed by atoms with E-state index < -0.39 is 11.6 Å². The fraction of sp³-hybridized carbons (Fsp3) is 0.400. The van der Waals surface area contributed by atoms with Gasteiger partial charge in [0.15, 0.2) is 11.6 Å². The van der Waals surface area contributed by atoms with E-state index in [0.29, 0.717) is 0 Å². The van der Waals surface area contributed by atoms with Crippen LogP contribution in [0.4, 0.5) is 8.78 Å². The molecule has 0 saturated carbocycles. The number of hydrogen-bond donors (Lipinski definition) is 1. The molecule has 1 heterocycles. The molecule has 0 bridgehead atoms. The van der Waals surface area contributed by atoms with Gasteiger partial charge in [-0.25, -0.2) is 8.78 Å². The first kappa shape index (κ1) is 9.93. The van der Waals surface area contributed by atoms with E-state index in [1.54, 1.807) is 17.8 Å². The van der Waals surface area contributed by atoms with Crippen molar-refractivity contribution in [3.8, 4) is 0 Å². The molecule has 4 heteroatoms. The first-order valence-corrected chi connectivity index (χ1v) is 5.59. The molecule has 2 rings (SSSR count).